The zero-order chi connectivity index (χ0) is 12.8. The van der Waals surface area contributed by atoms with Crippen LogP contribution in [0, 0.1) is 0 Å². The predicted octanol–water partition coefficient (Wildman–Crippen LogP) is -0.0346. The highest BCUT2D eigenvalue weighted by Gasteiger charge is 2.21. The molecule has 18 heavy (non-hydrogen) atoms. The van der Waals surface area contributed by atoms with E-state index in [9.17, 15) is 4.79 Å². The first-order chi connectivity index (χ1) is 8.75. The number of likely N-dealkylation sites (N-methyl/N-ethyl adjacent to an activating group) is 1. The van der Waals surface area contributed by atoms with Crippen LogP contribution >= 0.6 is 0 Å². The summed E-state index contributed by atoms with van der Waals surface area (Å²) in [6.45, 7) is 4.11. The summed E-state index contributed by atoms with van der Waals surface area (Å²) < 4.78 is 5.62. The van der Waals surface area contributed by atoms with E-state index in [0.29, 0.717) is 6.04 Å². The third-order valence-electron chi connectivity index (χ3n) is 3.94. The number of carbonyl (C=O) groups is 1. The Bertz CT molecular complexity index is 267. The Hall–Kier alpha value is -0.650. The Balaban J connectivity index is 1.57. The van der Waals surface area contributed by atoms with Crippen molar-refractivity contribution in [1.82, 2.24) is 15.5 Å². The topological polar surface area (TPSA) is 53.6 Å². The fourth-order valence-corrected chi connectivity index (χ4v) is 2.68. The average molecular weight is 255 g/mol. The summed E-state index contributed by atoms with van der Waals surface area (Å²) in [6, 6.07) is 0.507. The third kappa shape index (κ3) is 4.23. The van der Waals surface area contributed by atoms with E-state index in [1.165, 1.54) is 12.8 Å². The van der Waals surface area contributed by atoms with Crippen molar-refractivity contribution >= 4 is 5.91 Å². The summed E-state index contributed by atoms with van der Waals surface area (Å²) in [6.07, 6.45) is 4.71. The van der Waals surface area contributed by atoms with Crippen LogP contribution in [0.4, 0.5) is 0 Å². The van der Waals surface area contributed by atoms with Crippen molar-refractivity contribution < 1.29 is 9.53 Å². The molecule has 2 rings (SSSR count). The molecule has 2 aliphatic heterocycles. The van der Waals surface area contributed by atoms with E-state index in [1.807, 2.05) is 0 Å². The smallest absolute Gasteiger partial charge is 0.246 e. The van der Waals surface area contributed by atoms with Crippen molar-refractivity contribution in [2.75, 3.05) is 39.8 Å². The quantitative estimate of drug-likeness (QED) is 0.724. The molecule has 0 saturated carbocycles. The molecule has 2 heterocycles. The van der Waals surface area contributed by atoms with Crippen LogP contribution in [0.3, 0.4) is 0 Å². The Morgan fingerprint density at radius 3 is 2.83 bits per heavy atom. The van der Waals surface area contributed by atoms with E-state index >= 15 is 0 Å². The number of nitrogens with zero attached hydrogens (tertiary/aromatic N) is 1. The van der Waals surface area contributed by atoms with Crippen LogP contribution in [0.1, 0.15) is 25.7 Å². The highest BCUT2D eigenvalue weighted by Crippen LogP contribution is 2.13. The standard InChI is InChI=1S/C13H25N3O2/c1-16-8-2-3-11(16)9-15-13(17)10-18-12-4-6-14-7-5-12/h11-12,14H,2-10H2,1H3,(H,15,17). The molecule has 1 amide bonds. The van der Waals surface area contributed by atoms with E-state index < -0.39 is 0 Å². The number of rotatable bonds is 5. The Labute approximate surface area is 109 Å². The maximum atomic E-state index is 11.7. The van der Waals surface area contributed by atoms with Gasteiger partial charge in [0.1, 0.15) is 6.61 Å². The van der Waals surface area contributed by atoms with Gasteiger partial charge in [0.15, 0.2) is 0 Å². The molecule has 2 saturated heterocycles. The largest absolute Gasteiger partial charge is 0.368 e. The van der Waals surface area contributed by atoms with E-state index in [0.717, 1.165) is 39.0 Å². The number of nitrogens with one attached hydrogen (secondary N) is 2. The van der Waals surface area contributed by atoms with Crippen molar-refractivity contribution in [3.63, 3.8) is 0 Å². The first kappa shape index (κ1) is 13.8. The van der Waals surface area contributed by atoms with E-state index in [2.05, 4.69) is 22.6 Å². The van der Waals surface area contributed by atoms with Gasteiger partial charge in [-0.3, -0.25) is 4.79 Å². The minimum absolute atomic E-state index is 0.0221. The molecule has 1 unspecified atom stereocenters. The van der Waals surface area contributed by atoms with Gasteiger partial charge in [-0.25, -0.2) is 0 Å². The number of hydrogen-bond acceptors (Lipinski definition) is 4. The van der Waals surface area contributed by atoms with Gasteiger partial charge in [-0.1, -0.05) is 0 Å². The third-order valence-corrected chi connectivity index (χ3v) is 3.94. The second-order valence-corrected chi connectivity index (χ2v) is 5.34. The lowest BCUT2D eigenvalue weighted by Gasteiger charge is -2.23. The molecule has 0 radical (unpaired) electrons. The van der Waals surface area contributed by atoms with Crippen molar-refractivity contribution in [3.05, 3.63) is 0 Å². The van der Waals surface area contributed by atoms with Crippen molar-refractivity contribution in [2.45, 2.75) is 37.8 Å². The predicted molar refractivity (Wildman–Crippen MR) is 70.5 cm³/mol. The van der Waals surface area contributed by atoms with Gasteiger partial charge in [-0.2, -0.15) is 0 Å². The summed E-state index contributed by atoms with van der Waals surface area (Å²) in [4.78, 5) is 14.0. The summed E-state index contributed by atoms with van der Waals surface area (Å²) in [5.74, 6) is 0.0221. The lowest BCUT2D eigenvalue weighted by molar-refractivity contribution is -0.128. The monoisotopic (exact) mass is 255 g/mol. The van der Waals surface area contributed by atoms with Gasteiger partial charge in [0.25, 0.3) is 0 Å². The van der Waals surface area contributed by atoms with Crippen molar-refractivity contribution in [3.8, 4) is 0 Å². The molecule has 0 aromatic carbocycles. The molecule has 0 aromatic rings. The molecule has 5 nitrogen and oxygen atoms in total. The summed E-state index contributed by atoms with van der Waals surface area (Å²) in [5.41, 5.74) is 0. The second-order valence-electron chi connectivity index (χ2n) is 5.34. The fourth-order valence-electron chi connectivity index (χ4n) is 2.68. The van der Waals surface area contributed by atoms with E-state index in [-0.39, 0.29) is 18.6 Å². The van der Waals surface area contributed by atoms with Crippen LogP contribution in [-0.4, -0.2) is 62.8 Å². The van der Waals surface area contributed by atoms with Crippen LogP contribution < -0.4 is 10.6 Å². The summed E-state index contributed by atoms with van der Waals surface area (Å²) in [5, 5.41) is 6.26. The lowest BCUT2D eigenvalue weighted by Crippen LogP contribution is -2.40. The molecule has 104 valence electrons. The van der Waals surface area contributed by atoms with E-state index in [4.69, 9.17) is 4.74 Å². The summed E-state index contributed by atoms with van der Waals surface area (Å²) in [7, 11) is 2.12. The molecule has 2 fully saturated rings. The van der Waals surface area contributed by atoms with Gasteiger partial charge < -0.3 is 20.3 Å². The van der Waals surface area contributed by atoms with Crippen LogP contribution in [0.25, 0.3) is 0 Å². The SMILES string of the molecule is CN1CCCC1CNC(=O)COC1CCNCC1. The zero-order valence-electron chi connectivity index (χ0n) is 11.3. The van der Waals surface area contributed by atoms with Crippen molar-refractivity contribution in [1.29, 1.82) is 0 Å². The highest BCUT2D eigenvalue weighted by molar-refractivity contribution is 5.77. The first-order valence-electron chi connectivity index (χ1n) is 7.05. The molecule has 0 aliphatic carbocycles. The molecular formula is C13H25N3O2. The number of piperidine rings is 1. The first-order valence-corrected chi connectivity index (χ1v) is 7.05. The number of likely N-dealkylation sites (tertiary alicyclic amines) is 1. The average Bonchev–Trinajstić information content (AvgIpc) is 2.81. The zero-order valence-corrected chi connectivity index (χ0v) is 11.3. The van der Waals surface area contributed by atoms with Gasteiger partial charge in [0.2, 0.25) is 5.91 Å². The molecule has 1 atom stereocenters. The molecule has 5 heteroatoms. The Kier molecular flexibility index (Phi) is 5.41. The van der Waals surface area contributed by atoms with Crippen LogP contribution in [-0.2, 0) is 9.53 Å². The normalized spacial score (nSPS) is 26.4. The lowest BCUT2D eigenvalue weighted by atomic mass is 10.1. The minimum atomic E-state index is 0.0221. The van der Waals surface area contributed by atoms with Gasteiger partial charge >= 0.3 is 0 Å². The second kappa shape index (κ2) is 7.07. The fraction of sp³-hybridized carbons (Fsp3) is 0.923. The minimum Gasteiger partial charge on any atom is -0.368 e. The van der Waals surface area contributed by atoms with E-state index in [1.54, 1.807) is 0 Å². The van der Waals surface area contributed by atoms with Crippen LogP contribution in [0.5, 0.6) is 0 Å². The molecular weight excluding hydrogens is 230 g/mol. The molecule has 0 spiro atoms. The van der Waals surface area contributed by atoms with Gasteiger partial charge in [-0.05, 0) is 52.4 Å². The van der Waals surface area contributed by atoms with Gasteiger partial charge in [0, 0.05) is 12.6 Å². The highest BCUT2D eigenvalue weighted by atomic mass is 16.5. The molecule has 2 N–H and O–H groups in total. The number of ether oxygens (including phenoxy) is 1. The molecule has 2 aliphatic rings. The maximum absolute atomic E-state index is 11.7. The Morgan fingerprint density at radius 2 is 2.17 bits per heavy atom. The number of amides is 1. The number of hydrogen-bond donors (Lipinski definition) is 2. The molecule has 0 aromatic heterocycles. The number of carbonyl (C=O) groups excluding carboxylic acids is 1. The summed E-state index contributed by atoms with van der Waals surface area (Å²) >= 11 is 0. The van der Waals surface area contributed by atoms with Crippen molar-refractivity contribution in [2.24, 2.45) is 0 Å². The van der Waals surface area contributed by atoms with Crippen LogP contribution in [0.15, 0.2) is 0 Å². The van der Waals surface area contributed by atoms with Crippen LogP contribution in [0.2, 0.25) is 0 Å². The maximum Gasteiger partial charge on any atom is 0.246 e. The van der Waals surface area contributed by atoms with Gasteiger partial charge in [-0.15, -0.1) is 0 Å². The molecule has 0 bridgehead atoms. The van der Waals surface area contributed by atoms with Gasteiger partial charge in [0.05, 0.1) is 6.10 Å². The Morgan fingerprint density at radius 1 is 1.39 bits per heavy atom.